The summed E-state index contributed by atoms with van der Waals surface area (Å²) in [6.45, 7) is 4.27. The third-order valence-electron chi connectivity index (χ3n) is 2.76. The zero-order chi connectivity index (χ0) is 14.5. The Balaban J connectivity index is 2.96. The van der Waals surface area contributed by atoms with Crippen molar-refractivity contribution in [1.82, 2.24) is 0 Å². The summed E-state index contributed by atoms with van der Waals surface area (Å²) in [7, 11) is 1.76. The standard InChI is InChI=1S/C14H15F3N2/c1-3-4-5-8-19(2)13-7-6-12(14(15,16)17)9-11(13)10-18/h3,6-7,9H,1,4-5,8H2,2H3. The molecule has 0 saturated heterocycles. The van der Waals surface area contributed by atoms with Crippen LogP contribution in [0, 0.1) is 11.3 Å². The van der Waals surface area contributed by atoms with Crippen LogP contribution in [0.1, 0.15) is 24.0 Å². The van der Waals surface area contributed by atoms with Crippen molar-refractivity contribution in [2.45, 2.75) is 19.0 Å². The van der Waals surface area contributed by atoms with E-state index in [9.17, 15) is 13.2 Å². The minimum atomic E-state index is -4.43. The summed E-state index contributed by atoms with van der Waals surface area (Å²) in [5.41, 5.74) is -0.247. The maximum Gasteiger partial charge on any atom is 0.416 e. The number of hydrogen-bond acceptors (Lipinski definition) is 2. The second-order valence-electron chi connectivity index (χ2n) is 4.19. The summed E-state index contributed by atoms with van der Waals surface area (Å²) in [5.74, 6) is 0. The molecule has 1 aromatic carbocycles. The molecule has 5 heteroatoms. The number of nitriles is 1. The predicted octanol–water partition coefficient (Wildman–Crippen LogP) is 3.98. The highest BCUT2D eigenvalue weighted by atomic mass is 19.4. The van der Waals surface area contributed by atoms with Crippen molar-refractivity contribution in [2.75, 3.05) is 18.5 Å². The molecule has 2 nitrogen and oxygen atoms in total. The van der Waals surface area contributed by atoms with Gasteiger partial charge in [0.2, 0.25) is 0 Å². The summed E-state index contributed by atoms with van der Waals surface area (Å²) < 4.78 is 37.7. The highest BCUT2D eigenvalue weighted by Gasteiger charge is 2.31. The molecule has 0 amide bonds. The zero-order valence-corrected chi connectivity index (χ0v) is 10.7. The van der Waals surface area contributed by atoms with E-state index in [1.165, 1.54) is 6.07 Å². The van der Waals surface area contributed by atoms with E-state index in [4.69, 9.17) is 5.26 Å². The number of unbranched alkanes of at least 4 members (excludes halogenated alkanes) is 1. The lowest BCUT2D eigenvalue weighted by Gasteiger charge is -2.21. The molecule has 0 atom stereocenters. The van der Waals surface area contributed by atoms with Crippen LogP contribution in [0.5, 0.6) is 0 Å². The fraction of sp³-hybridized carbons (Fsp3) is 0.357. The van der Waals surface area contributed by atoms with Crippen LogP contribution in [-0.2, 0) is 6.18 Å². The Morgan fingerprint density at radius 2 is 2.11 bits per heavy atom. The molecule has 0 radical (unpaired) electrons. The predicted molar refractivity (Wildman–Crippen MR) is 68.9 cm³/mol. The van der Waals surface area contributed by atoms with Gasteiger partial charge in [0.05, 0.1) is 16.8 Å². The highest BCUT2D eigenvalue weighted by Crippen LogP contribution is 2.32. The molecule has 1 rings (SSSR count). The van der Waals surface area contributed by atoms with Crippen LogP contribution in [-0.4, -0.2) is 13.6 Å². The van der Waals surface area contributed by atoms with E-state index >= 15 is 0 Å². The SMILES string of the molecule is C=CCCCN(C)c1ccc(C(F)(F)F)cc1C#N. The van der Waals surface area contributed by atoms with E-state index in [0.29, 0.717) is 12.2 Å². The van der Waals surface area contributed by atoms with Gasteiger partial charge < -0.3 is 4.90 Å². The summed E-state index contributed by atoms with van der Waals surface area (Å²) in [4.78, 5) is 1.78. The molecule has 0 N–H and O–H groups in total. The van der Waals surface area contributed by atoms with Crippen LogP contribution in [0.2, 0.25) is 0 Å². The van der Waals surface area contributed by atoms with Gasteiger partial charge in [0.1, 0.15) is 6.07 Å². The average molecular weight is 268 g/mol. The van der Waals surface area contributed by atoms with Crippen LogP contribution >= 0.6 is 0 Å². The molecule has 0 bridgehead atoms. The number of hydrogen-bond donors (Lipinski definition) is 0. The van der Waals surface area contributed by atoms with E-state index in [-0.39, 0.29) is 5.56 Å². The average Bonchev–Trinajstić information content (AvgIpc) is 2.37. The van der Waals surface area contributed by atoms with Crippen molar-refractivity contribution in [3.05, 3.63) is 42.0 Å². The third kappa shape index (κ3) is 4.02. The largest absolute Gasteiger partial charge is 0.416 e. The number of benzene rings is 1. The van der Waals surface area contributed by atoms with Crippen LogP contribution in [0.15, 0.2) is 30.9 Å². The lowest BCUT2D eigenvalue weighted by atomic mass is 10.1. The van der Waals surface area contributed by atoms with Gasteiger partial charge in [-0.3, -0.25) is 0 Å². The number of allylic oxidation sites excluding steroid dienone is 1. The maximum absolute atomic E-state index is 12.6. The summed E-state index contributed by atoms with van der Waals surface area (Å²) in [5, 5.41) is 8.97. The number of rotatable bonds is 5. The Morgan fingerprint density at radius 1 is 1.42 bits per heavy atom. The first-order valence-electron chi connectivity index (χ1n) is 5.83. The number of nitrogens with zero attached hydrogens (tertiary/aromatic N) is 2. The molecule has 0 aliphatic carbocycles. The van der Waals surface area contributed by atoms with E-state index in [1.807, 2.05) is 6.07 Å². The Labute approximate surface area is 110 Å². The molecule has 0 unspecified atom stereocenters. The van der Waals surface area contributed by atoms with Crippen LogP contribution < -0.4 is 4.90 Å². The third-order valence-corrected chi connectivity index (χ3v) is 2.76. The molecular formula is C14H15F3N2. The lowest BCUT2D eigenvalue weighted by Crippen LogP contribution is -2.20. The van der Waals surface area contributed by atoms with Crippen LogP contribution in [0.3, 0.4) is 0 Å². The lowest BCUT2D eigenvalue weighted by molar-refractivity contribution is -0.137. The minimum Gasteiger partial charge on any atom is -0.374 e. The quantitative estimate of drug-likeness (QED) is 0.596. The maximum atomic E-state index is 12.6. The topological polar surface area (TPSA) is 27.0 Å². The summed E-state index contributed by atoms with van der Waals surface area (Å²) >= 11 is 0. The first-order chi connectivity index (χ1) is 8.90. The van der Waals surface area contributed by atoms with Gasteiger partial charge in [-0.05, 0) is 31.0 Å². The molecule has 0 heterocycles. The second-order valence-corrected chi connectivity index (χ2v) is 4.19. The van der Waals surface area contributed by atoms with Crippen molar-refractivity contribution in [3.63, 3.8) is 0 Å². The molecular weight excluding hydrogens is 253 g/mol. The number of anilines is 1. The van der Waals surface area contributed by atoms with Gasteiger partial charge in [-0.2, -0.15) is 18.4 Å². The minimum absolute atomic E-state index is 0.0379. The van der Waals surface area contributed by atoms with Crippen molar-refractivity contribution in [1.29, 1.82) is 5.26 Å². The van der Waals surface area contributed by atoms with Gasteiger partial charge >= 0.3 is 6.18 Å². The molecule has 0 aliphatic heterocycles. The zero-order valence-electron chi connectivity index (χ0n) is 10.7. The number of alkyl halides is 3. The monoisotopic (exact) mass is 268 g/mol. The molecule has 0 fully saturated rings. The van der Waals surface area contributed by atoms with E-state index in [2.05, 4.69) is 6.58 Å². The van der Waals surface area contributed by atoms with Crippen molar-refractivity contribution < 1.29 is 13.2 Å². The van der Waals surface area contributed by atoms with Crippen molar-refractivity contribution in [3.8, 4) is 6.07 Å². The molecule has 0 aromatic heterocycles. The molecule has 0 aliphatic rings. The van der Waals surface area contributed by atoms with E-state index < -0.39 is 11.7 Å². The second kappa shape index (κ2) is 6.28. The normalized spacial score (nSPS) is 10.9. The highest BCUT2D eigenvalue weighted by molar-refractivity contribution is 5.60. The molecule has 19 heavy (non-hydrogen) atoms. The molecule has 1 aromatic rings. The summed E-state index contributed by atoms with van der Waals surface area (Å²) in [6, 6.07) is 5.05. The van der Waals surface area contributed by atoms with Gasteiger partial charge in [0.15, 0.2) is 0 Å². The number of halogens is 3. The smallest absolute Gasteiger partial charge is 0.374 e. The van der Waals surface area contributed by atoms with E-state index in [1.54, 1.807) is 18.0 Å². The van der Waals surface area contributed by atoms with Crippen molar-refractivity contribution >= 4 is 5.69 Å². The van der Waals surface area contributed by atoms with Crippen LogP contribution in [0.4, 0.5) is 18.9 Å². The van der Waals surface area contributed by atoms with Crippen LogP contribution in [0.25, 0.3) is 0 Å². The summed E-state index contributed by atoms with van der Waals surface area (Å²) in [6.07, 6.45) is -0.976. The molecule has 0 spiro atoms. The van der Waals surface area contributed by atoms with Gasteiger partial charge in [0.25, 0.3) is 0 Å². The van der Waals surface area contributed by atoms with Gasteiger partial charge in [0, 0.05) is 13.6 Å². The van der Waals surface area contributed by atoms with E-state index in [0.717, 1.165) is 25.0 Å². The van der Waals surface area contributed by atoms with Gasteiger partial charge in [-0.1, -0.05) is 6.08 Å². The Kier molecular flexibility index (Phi) is 4.99. The fourth-order valence-electron chi connectivity index (χ4n) is 1.73. The van der Waals surface area contributed by atoms with Crippen molar-refractivity contribution in [2.24, 2.45) is 0 Å². The fourth-order valence-corrected chi connectivity index (χ4v) is 1.73. The van der Waals surface area contributed by atoms with Gasteiger partial charge in [-0.25, -0.2) is 0 Å². The Morgan fingerprint density at radius 3 is 2.63 bits per heavy atom. The first kappa shape index (κ1) is 15.1. The Bertz CT molecular complexity index is 486. The molecule has 0 saturated carbocycles. The van der Waals surface area contributed by atoms with Gasteiger partial charge in [-0.15, -0.1) is 6.58 Å². The Hall–Kier alpha value is -1.96. The molecule has 102 valence electrons. The first-order valence-corrected chi connectivity index (χ1v) is 5.83.